The highest BCUT2D eigenvalue weighted by atomic mass is 15.1. The molecule has 0 bridgehead atoms. The van der Waals surface area contributed by atoms with Gasteiger partial charge in [0.1, 0.15) is 0 Å². The molecular formula is C12H10N2. The molecule has 0 saturated heterocycles. The molecule has 0 radical (unpaired) electrons. The molecule has 0 spiro atoms. The maximum atomic E-state index is 4.12. The first-order valence-corrected chi connectivity index (χ1v) is 4.69. The third-order valence-electron chi connectivity index (χ3n) is 2.57. The molecule has 2 nitrogen and oxygen atoms in total. The van der Waals surface area contributed by atoms with Gasteiger partial charge in [-0.3, -0.25) is 4.99 Å². The Kier molecular flexibility index (Phi) is 1.53. The normalized spacial score (nSPS) is 17.4. The van der Waals surface area contributed by atoms with Gasteiger partial charge in [-0.05, 0) is 17.2 Å². The Morgan fingerprint density at radius 2 is 2.14 bits per heavy atom. The second-order valence-electron chi connectivity index (χ2n) is 3.47. The lowest BCUT2D eigenvalue weighted by Gasteiger charge is -2.27. The van der Waals surface area contributed by atoms with E-state index in [2.05, 4.69) is 40.2 Å². The van der Waals surface area contributed by atoms with Crippen LogP contribution in [-0.4, -0.2) is 11.1 Å². The minimum absolute atomic E-state index is 0.949. The van der Waals surface area contributed by atoms with Crippen LogP contribution in [0.5, 0.6) is 0 Å². The van der Waals surface area contributed by atoms with E-state index in [0.717, 1.165) is 6.54 Å². The molecule has 0 saturated carbocycles. The van der Waals surface area contributed by atoms with Crippen molar-refractivity contribution in [2.45, 2.75) is 6.54 Å². The van der Waals surface area contributed by atoms with Crippen LogP contribution in [0.25, 0.3) is 6.08 Å². The first-order valence-electron chi connectivity index (χ1n) is 4.69. The van der Waals surface area contributed by atoms with Gasteiger partial charge >= 0.3 is 0 Å². The van der Waals surface area contributed by atoms with Crippen molar-refractivity contribution in [1.82, 2.24) is 4.90 Å². The van der Waals surface area contributed by atoms with Crippen molar-refractivity contribution in [1.29, 1.82) is 0 Å². The van der Waals surface area contributed by atoms with Crippen molar-refractivity contribution >= 4 is 12.3 Å². The van der Waals surface area contributed by atoms with Crippen molar-refractivity contribution in [3.63, 3.8) is 0 Å². The minimum Gasteiger partial charge on any atom is -0.341 e. The van der Waals surface area contributed by atoms with E-state index in [1.54, 1.807) is 0 Å². The van der Waals surface area contributed by atoms with Gasteiger partial charge < -0.3 is 4.90 Å². The number of nitrogens with zero attached hydrogens (tertiary/aromatic N) is 2. The summed E-state index contributed by atoms with van der Waals surface area (Å²) in [5.74, 6) is 0. The van der Waals surface area contributed by atoms with Crippen molar-refractivity contribution in [2.24, 2.45) is 4.99 Å². The molecule has 0 atom stereocenters. The molecule has 0 aromatic heterocycles. The molecule has 0 amide bonds. The van der Waals surface area contributed by atoms with Crippen LogP contribution < -0.4 is 0 Å². The average molecular weight is 182 g/mol. The largest absolute Gasteiger partial charge is 0.341 e. The van der Waals surface area contributed by atoms with Gasteiger partial charge in [-0.15, -0.1) is 0 Å². The molecule has 0 N–H and O–H groups in total. The van der Waals surface area contributed by atoms with E-state index in [1.165, 1.54) is 16.8 Å². The Hall–Kier alpha value is -1.83. The Balaban J connectivity index is 2.13. The molecule has 2 aliphatic heterocycles. The molecular weight excluding hydrogens is 172 g/mol. The van der Waals surface area contributed by atoms with Crippen LogP contribution in [-0.2, 0) is 6.54 Å². The maximum Gasteiger partial charge on any atom is 0.0601 e. The average Bonchev–Trinajstić information content (AvgIpc) is 2.26. The molecule has 0 aliphatic carbocycles. The zero-order valence-electron chi connectivity index (χ0n) is 7.72. The molecule has 0 fully saturated rings. The second-order valence-corrected chi connectivity index (χ2v) is 3.47. The van der Waals surface area contributed by atoms with Gasteiger partial charge in [0.05, 0.1) is 11.9 Å². The summed E-state index contributed by atoms with van der Waals surface area (Å²) in [5.41, 5.74) is 3.85. The number of hydrogen-bond donors (Lipinski definition) is 0. The molecule has 1 aromatic rings. The molecule has 2 heteroatoms. The van der Waals surface area contributed by atoms with E-state index < -0.39 is 0 Å². The van der Waals surface area contributed by atoms with Gasteiger partial charge in [0.15, 0.2) is 0 Å². The third kappa shape index (κ3) is 1.08. The van der Waals surface area contributed by atoms with Crippen LogP contribution in [0.3, 0.4) is 0 Å². The molecule has 3 rings (SSSR count). The molecule has 1 aromatic carbocycles. The predicted molar refractivity (Wildman–Crippen MR) is 57.6 cm³/mol. The molecule has 14 heavy (non-hydrogen) atoms. The third-order valence-corrected chi connectivity index (χ3v) is 2.57. The number of aliphatic imine (C=N–C) groups is 1. The summed E-state index contributed by atoms with van der Waals surface area (Å²) in [6, 6.07) is 8.47. The number of rotatable bonds is 0. The zero-order chi connectivity index (χ0) is 9.38. The van der Waals surface area contributed by atoms with Gasteiger partial charge in [-0.2, -0.15) is 0 Å². The van der Waals surface area contributed by atoms with Crippen LogP contribution >= 0.6 is 0 Å². The monoisotopic (exact) mass is 182 g/mol. The van der Waals surface area contributed by atoms with Gasteiger partial charge in [0.25, 0.3) is 0 Å². The fourth-order valence-corrected chi connectivity index (χ4v) is 1.82. The summed E-state index contributed by atoms with van der Waals surface area (Å²) in [4.78, 5) is 6.32. The molecule has 0 unspecified atom stereocenters. The zero-order valence-corrected chi connectivity index (χ0v) is 7.72. The second kappa shape index (κ2) is 2.84. The van der Waals surface area contributed by atoms with Crippen molar-refractivity contribution in [2.75, 3.05) is 0 Å². The van der Waals surface area contributed by atoms with Crippen LogP contribution in [0.4, 0.5) is 0 Å². The number of allylic oxidation sites excluding steroid dienone is 1. The number of benzene rings is 1. The van der Waals surface area contributed by atoms with E-state index in [-0.39, 0.29) is 0 Å². The van der Waals surface area contributed by atoms with Gasteiger partial charge in [0, 0.05) is 18.9 Å². The van der Waals surface area contributed by atoms with E-state index in [9.17, 15) is 0 Å². The molecule has 2 heterocycles. The Morgan fingerprint density at radius 3 is 3.14 bits per heavy atom. The lowest BCUT2D eigenvalue weighted by atomic mass is 10.0. The number of hydrogen-bond acceptors (Lipinski definition) is 2. The summed E-state index contributed by atoms with van der Waals surface area (Å²) < 4.78 is 0. The highest BCUT2D eigenvalue weighted by Gasteiger charge is 2.15. The number of fused-ring (bicyclic) bond motifs is 2. The van der Waals surface area contributed by atoms with Gasteiger partial charge in [-0.25, -0.2) is 0 Å². The first-order chi connectivity index (χ1) is 6.93. The van der Waals surface area contributed by atoms with E-state index in [4.69, 9.17) is 0 Å². The van der Waals surface area contributed by atoms with Crippen LogP contribution in [0.2, 0.25) is 0 Å². The van der Waals surface area contributed by atoms with E-state index in [1.807, 2.05) is 18.6 Å². The van der Waals surface area contributed by atoms with Gasteiger partial charge in [0.2, 0.25) is 0 Å². The molecule has 2 aliphatic rings. The Bertz CT molecular complexity index is 455. The predicted octanol–water partition coefficient (Wildman–Crippen LogP) is 2.40. The smallest absolute Gasteiger partial charge is 0.0601 e. The summed E-state index contributed by atoms with van der Waals surface area (Å²) in [6.45, 7) is 0.949. The summed E-state index contributed by atoms with van der Waals surface area (Å²) in [5, 5.41) is 0. The first kappa shape index (κ1) is 7.56. The van der Waals surface area contributed by atoms with Crippen LogP contribution in [0.1, 0.15) is 11.1 Å². The fourth-order valence-electron chi connectivity index (χ4n) is 1.82. The van der Waals surface area contributed by atoms with Crippen LogP contribution in [0.15, 0.2) is 47.4 Å². The maximum absolute atomic E-state index is 4.12. The highest BCUT2D eigenvalue weighted by Crippen LogP contribution is 2.24. The topological polar surface area (TPSA) is 15.6 Å². The van der Waals surface area contributed by atoms with E-state index in [0.29, 0.717) is 0 Å². The summed E-state index contributed by atoms with van der Waals surface area (Å²) in [7, 11) is 0. The minimum atomic E-state index is 0.949. The standard InChI is InChI=1S/C12H10N2/c1-2-4-11-9-14-6-5-13-8-12(14)7-10(11)3-1/h1-8H,9H2. The van der Waals surface area contributed by atoms with Crippen LogP contribution in [0, 0.1) is 0 Å². The van der Waals surface area contributed by atoms with E-state index >= 15 is 0 Å². The fraction of sp³-hybridized carbons (Fsp3) is 0.0833. The SMILES string of the molecule is C1=CN2Cc3ccccc3C=C2C=N1. The van der Waals surface area contributed by atoms with Crippen molar-refractivity contribution in [3.05, 3.63) is 53.5 Å². The Morgan fingerprint density at radius 1 is 1.21 bits per heavy atom. The van der Waals surface area contributed by atoms with Crippen molar-refractivity contribution in [3.8, 4) is 0 Å². The summed E-state index contributed by atoms with van der Waals surface area (Å²) >= 11 is 0. The lowest BCUT2D eigenvalue weighted by Crippen LogP contribution is -2.22. The molecule has 68 valence electrons. The highest BCUT2D eigenvalue weighted by molar-refractivity contribution is 5.87. The van der Waals surface area contributed by atoms with Gasteiger partial charge in [-0.1, -0.05) is 24.3 Å². The lowest BCUT2D eigenvalue weighted by molar-refractivity contribution is 0.475. The summed E-state index contributed by atoms with van der Waals surface area (Å²) in [6.07, 6.45) is 7.91. The quantitative estimate of drug-likeness (QED) is 0.601. The van der Waals surface area contributed by atoms with Crippen molar-refractivity contribution < 1.29 is 0 Å². The Labute approximate surface area is 82.9 Å².